The van der Waals surface area contributed by atoms with E-state index < -0.39 is 0 Å². The van der Waals surface area contributed by atoms with Gasteiger partial charge in [0.2, 0.25) is 5.91 Å². The van der Waals surface area contributed by atoms with E-state index in [2.05, 4.69) is 24.3 Å². The maximum absolute atomic E-state index is 11.4. The van der Waals surface area contributed by atoms with E-state index in [0.29, 0.717) is 11.0 Å². The quantitative estimate of drug-likeness (QED) is 0.824. The minimum absolute atomic E-state index is 0.0247. The molecule has 1 rings (SSSR count). The van der Waals surface area contributed by atoms with Gasteiger partial charge >= 0.3 is 0 Å². The van der Waals surface area contributed by atoms with Crippen LogP contribution >= 0.6 is 11.8 Å². The summed E-state index contributed by atoms with van der Waals surface area (Å²) in [6.07, 6.45) is 3.41. The second-order valence-corrected chi connectivity index (χ2v) is 4.88. The SMILES string of the molecule is CC(C)SCC(=O)Nc1cnn(C)c1. The monoisotopic (exact) mass is 213 g/mol. The number of hydrogen-bond acceptors (Lipinski definition) is 3. The van der Waals surface area contributed by atoms with Crippen molar-refractivity contribution in [2.75, 3.05) is 11.1 Å². The highest BCUT2D eigenvalue weighted by atomic mass is 32.2. The number of aromatic nitrogens is 2. The van der Waals surface area contributed by atoms with Crippen LogP contribution in [0.1, 0.15) is 13.8 Å². The number of nitrogens with zero attached hydrogens (tertiary/aromatic N) is 2. The fourth-order valence-corrected chi connectivity index (χ4v) is 1.48. The van der Waals surface area contributed by atoms with E-state index in [4.69, 9.17) is 0 Å². The lowest BCUT2D eigenvalue weighted by Crippen LogP contribution is -2.14. The lowest BCUT2D eigenvalue weighted by molar-refractivity contribution is -0.113. The number of thioether (sulfide) groups is 1. The number of rotatable bonds is 4. The summed E-state index contributed by atoms with van der Waals surface area (Å²) in [4.78, 5) is 11.4. The Morgan fingerprint density at radius 3 is 2.93 bits per heavy atom. The second-order valence-electron chi connectivity index (χ2n) is 3.31. The minimum Gasteiger partial charge on any atom is -0.323 e. The molecule has 0 aliphatic heterocycles. The van der Waals surface area contributed by atoms with Gasteiger partial charge in [-0.25, -0.2) is 0 Å². The van der Waals surface area contributed by atoms with Crippen LogP contribution in [0.4, 0.5) is 5.69 Å². The van der Waals surface area contributed by atoms with Crippen LogP contribution in [0, 0.1) is 0 Å². The molecule has 0 atom stereocenters. The average Bonchev–Trinajstić information content (AvgIpc) is 2.48. The zero-order valence-corrected chi connectivity index (χ0v) is 9.47. The number of nitrogens with one attached hydrogen (secondary N) is 1. The third-order valence-corrected chi connectivity index (χ3v) is 2.63. The Bertz CT molecular complexity index is 309. The van der Waals surface area contributed by atoms with E-state index in [0.717, 1.165) is 5.69 Å². The van der Waals surface area contributed by atoms with Gasteiger partial charge in [-0.05, 0) is 5.25 Å². The predicted molar refractivity (Wildman–Crippen MR) is 59.4 cm³/mol. The van der Waals surface area contributed by atoms with Crippen LogP contribution in [0.2, 0.25) is 0 Å². The van der Waals surface area contributed by atoms with Crippen LogP contribution in [-0.4, -0.2) is 26.7 Å². The maximum atomic E-state index is 11.4. The van der Waals surface area contributed by atoms with Crippen molar-refractivity contribution < 1.29 is 4.79 Å². The fourth-order valence-electron chi connectivity index (χ4n) is 0.925. The van der Waals surface area contributed by atoms with Gasteiger partial charge in [0.25, 0.3) is 0 Å². The molecule has 0 aromatic carbocycles. The van der Waals surface area contributed by atoms with E-state index in [1.807, 2.05) is 7.05 Å². The number of amides is 1. The van der Waals surface area contributed by atoms with E-state index in [1.54, 1.807) is 28.8 Å². The van der Waals surface area contributed by atoms with Crippen LogP contribution in [0.5, 0.6) is 0 Å². The summed E-state index contributed by atoms with van der Waals surface area (Å²) in [6.45, 7) is 4.14. The molecule has 14 heavy (non-hydrogen) atoms. The van der Waals surface area contributed by atoms with Crippen molar-refractivity contribution >= 4 is 23.4 Å². The Hall–Kier alpha value is -0.970. The largest absolute Gasteiger partial charge is 0.323 e. The highest BCUT2D eigenvalue weighted by Crippen LogP contribution is 2.10. The molecule has 1 N–H and O–H groups in total. The number of hydrogen-bond donors (Lipinski definition) is 1. The normalized spacial score (nSPS) is 10.6. The second kappa shape index (κ2) is 5.05. The molecule has 0 fully saturated rings. The first-order valence-electron chi connectivity index (χ1n) is 4.48. The first kappa shape index (κ1) is 11.1. The summed E-state index contributed by atoms with van der Waals surface area (Å²) < 4.78 is 1.66. The molecule has 4 nitrogen and oxygen atoms in total. The summed E-state index contributed by atoms with van der Waals surface area (Å²) in [5.74, 6) is 0.517. The molecule has 0 aliphatic carbocycles. The molecule has 0 bridgehead atoms. The van der Waals surface area contributed by atoms with Gasteiger partial charge in [-0.3, -0.25) is 9.48 Å². The first-order chi connectivity index (χ1) is 6.58. The summed E-state index contributed by atoms with van der Waals surface area (Å²) in [6, 6.07) is 0. The Morgan fingerprint density at radius 2 is 2.43 bits per heavy atom. The van der Waals surface area contributed by atoms with Crippen molar-refractivity contribution in [3.63, 3.8) is 0 Å². The number of aryl methyl sites for hydroxylation is 1. The molecule has 5 heteroatoms. The smallest absolute Gasteiger partial charge is 0.234 e. The fraction of sp³-hybridized carbons (Fsp3) is 0.556. The molecule has 0 saturated heterocycles. The topological polar surface area (TPSA) is 46.9 Å². The molecule has 0 aliphatic rings. The predicted octanol–water partition coefficient (Wildman–Crippen LogP) is 1.50. The Labute approximate surface area is 88.1 Å². The van der Waals surface area contributed by atoms with E-state index >= 15 is 0 Å². The van der Waals surface area contributed by atoms with E-state index in [1.165, 1.54) is 0 Å². The van der Waals surface area contributed by atoms with Crippen LogP contribution < -0.4 is 5.32 Å². The van der Waals surface area contributed by atoms with Gasteiger partial charge in [0.15, 0.2) is 0 Å². The summed E-state index contributed by atoms with van der Waals surface area (Å²) in [5.41, 5.74) is 0.752. The number of anilines is 1. The highest BCUT2D eigenvalue weighted by molar-refractivity contribution is 8.00. The molecule has 1 amide bonds. The maximum Gasteiger partial charge on any atom is 0.234 e. The van der Waals surface area contributed by atoms with Crippen molar-refractivity contribution in [3.8, 4) is 0 Å². The summed E-state index contributed by atoms with van der Waals surface area (Å²) in [7, 11) is 1.82. The van der Waals surface area contributed by atoms with Crippen LogP contribution in [0.15, 0.2) is 12.4 Å². The van der Waals surface area contributed by atoms with E-state index in [9.17, 15) is 4.79 Å². The van der Waals surface area contributed by atoms with Gasteiger partial charge in [-0.15, -0.1) is 11.8 Å². The van der Waals surface area contributed by atoms with Gasteiger partial charge in [0.05, 0.1) is 17.6 Å². The molecule has 0 saturated carbocycles. The molecule has 0 unspecified atom stereocenters. The lowest BCUT2D eigenvalue weighted by atomic mass is 10.5. The zero-order chi connectivity index (χ0) is 10.6. The molecule has 1 aromatic heterocycles. The Kier molecular flexibility index (Phi) is 4.00. The Morgan fingerprint density at radius 1 is 1.71 bits per heavy atom. The van der Waals surface area contributed by atoms with Gasteiger partial charge < -0.3 is 5.32 Å². The summed E-state index contributed by atoms with van der Waals surface area (Å²) >= 11 is 1.63. The molecule has 0 radical (unpaired) electrons. The van der Waals surface area contributed by atoms with Crippen LogP contribution in [-0.2, 0) is 11.8 Å². The first-order valence-corrected chi connectivity index (χ1v) is 5.53. The molecule has 1 heterocycles. The average molecular weight is 213 g/mol. The minimum atomic E-state index is 0.0247. The van der Waals surface area contributed by atoms with Gasteiger partial charge in [0, 0.05) is 13.2 Å². The number of carbonyl (C=O) groups excluding carboxylic acids is 1. The molecule has 1 aromatic rings. The standard InChI is InChI=1S/C9H15N3OS/c1-7(2)14-6-9(13)11-8-4-10-12(3)5-8/h4-5,7H,6H2,1-3H3,(H,11,13). The van der Waals surface area contributed by atoms with E-state index in [-0.39, 0.29) is 5.91 Å². The van der Waals surface area contributed by atoms with Crippen molar-refractivity contribution in [1.29, 1.82) is 0 Å². The van der Waals surface area contributed by atoms with Crippen LogP contribution in [0.25, 0.3) is 0 Å². The van der Waals surface area contributed by atoms with Crippen molar-refractivity contribution in [3.05, 3.63) is 12.4 Å². The number of carbonyl (C=O) groups is 1. The van der Waals surface area contributed by atoms with Crippen LogP contribution in [0.3, 0.4) is 0 Å². The lowest BCUT2D eigenvalue weighted by Gasteiger charge is -2.04. The molecular weight excluding hydrogens is 198 g/mol. The third-order valence-electron chi connectivity index (χ3n) is 1.54. The highest BCUT2D eigenvalue weighted by Gasteiger charge is 2.04. The van der Waals surface area contributed by atoms with Crippen molar-refractivity contribution in [2.45, 2.75) is 19.1 Å². The Balaban J connectivity index is 2.34. The molecule has 78 valence electrons. The van der Waals surface area contributed by atoms with Gasteiger partial charge in [0.1, 0.15) is 0 Å². The molecule has 0 spiro atoms. The molecular formula is C9H15N3OS. The zero-order valence-electron chi connectivity index (χ0n) is 8.65. The third kappa shape index (κ3) is 3.83. The summed E-state index contributed by atoms with van der Waals surface area (Å²) in [5, 5.41) is 7.22. The van der Waals surface area contributed by atoms with Crippen molar-refractivity contribution in [1.82, 2.24) is 9.78 Å². The van der Waals surface area contributed by atoms with Gasteiger partial charge in [-0.2, -0.15) is 5.10 Å². The van der Waals surface area contributed by atoms with Crippen molar-refractivity contribution in [2.24, 2.45) is 7.05 Å². The van der Waals surface area contributed by atoms with Gasteiger partial charge in [-0.1, -0.05) is 13.8 Å².